The summed E-state index contributed by atoms with van der Waals surface area (Å²) in [7, 11) is 0. The lowest BCUT2D eigenvalue weighted by atomic mass is 9.97. The van der Waals surface area contributed by atoms with Crippen LogP contribution in [0.1, 0.15) is 22.7 Å². The zero-order valence-electron chi connectivity index (χ0n) is 12.7. The molecule has 2 heterocycles. The number of nitrogens with one attached hydrogen (secondary N) is 1. The molecule has 1 aromatic heterocycles. The maximum absolute atomic E-state index is 6.45. The average Bonchev–Trinajstić information content (AvgIpc) is 3.05. The number of aliphatic imine (C=N–C) groups is 1. The first-order valence-corrected chi connectivity index (χ1v) is 9.16. The van der Waals surface area contributed by atoms with Crippen molar-refractivity contribution in [2.75, 3.05) is 12.3 Å². The van der Waals surface area contributed by atoms with E-state index >= 15 is 0 Å². The summed E-state index contributed by atoms with van der Waals surface area (Å²) < 4.78 is 0. The molecule has 0 amide bonds. The topological polar surface area (TPSA) is 37.3 Å². The summed E-state index contributed by atoms with van der Waals surface area (Å²) in [6.45, 7) is 2.93. The molecule has 3 nitrogen and oxygen atoms in total. The van der Waals surface area contributed by atoms with Crippen molar-refractivity contribution in [3.8, 4) is 0 Å². The molecule has 6 heteroatoms. The van der Waals surface area contributed by atoms with Gasteiger partial charge in [0.15, 0.2) is 5.17 Å². The molecule has 0 spiro atoms. The summed E-state index contributed by atoms with van der Waals surface area (Å²) in [6.07, 6.45) is 4.50. The van der Waals surface area contributed by atoms with Crippen LogP contribution in [0.4, 0.5) is 0 Å². The molecule has 0 bridgehead atoms. The van der Waals surface area contributed by atoms with Gasteiger partial charge in [0.2, 0.25) is 0 Å². The number of halogens is 2. The molecule has 3 rings (SSSR count). The lowest BCUT2D eigenvalue weighted by Crippen LogP contribution is -2.27. The summed E-state index contributed by atoms with van der Waals surface area (Å²) in [5, 5.41) is 5.67. The van der Waals surface area contributed by atoms with Gasteiger partial charge in [-0.05, 0) is 42.2 Å². The second-order valence-electron chi connectivity index (χ2n) is 5.38. The Kier molecular flexibility index (Phi) is 5.46. The Morgan fingerprint density at radius 1 is 1.30 bits per heavy atom. The highest BCUT2D eigenvalue weighted by Crippen LogP contribution is 2.32. The highest BCUT2D eigenvalue weighted by molar-refractivity contribution is 8.14. The molecule has 1 aromatic carbocycles. The van der Waals surface area contributed by atoms with Crippen LogP contribution in [0.25, 0.3) is 0 Å². The lowest BCUT2D eigenvalue weighted by molar-refractivity contribution is 0.646. The van der Waals surface area contributed by atoms with E-state index in [2.05, 4.69) is 22.2 Å². The van der Waals surface area contributed by atoms with Crippen LogP contribution in [0.5, 0.6) is 0 Å². The van der Waals surface area contributed by atoms with Crippen molar-refractivity contribution in [3.05, 3.63) is 63.4 Å². The normalized spacial score (nSPS) is 15.3. The smallest absolute Gasteiger partial charge is 0.157 e. The van der Waals surface area contributed by atoms with Gasteiger partial charge in [-0.2, -0.15) is 0 Å². The molecule has 23 heavy (non-hydrogen) atoms. The van der Waals surface area contributed by atoms with Gasteiger partial charge in [0.25, 0.3) is 0 Å². The van der Waals surface area contributed by atoms with E-state index < -0.39 is 0 Å². The molecule has 2 aromatic rings. The molecule has 120 valence electrons. The fraction of sp³-hybridized carbons (Fsp3) is 0.294. The number of nitrogens with zero attached hydrogens (tertiary/aromatic N) is 2. The molecular weight excluding hydrogens is 349 g/mol. The minimum Gasteiger partial charge on any atom is -0.358 e. The molecule has 0 fully saturated rings. The zero-order chi connectivity index (χ0) is 16.2. The Bertz CT molecular complexity index is 734. The van der Waals surface area contributed by atoms with Crippen LogP contribution in [0.3, 0.4) is 0 Å². The number of thioether (sulfide) groups is 1. The molecule has 1 N–H and O–H groups in total. The van der Waals surface area contributed by atoms with Gasteiger partial charge in [0.1, 0.15) is 0 Å². The standard InChI is InChI=1S/C17H17Cl2N3S/c1-11-10-20-6-5-12(11)9-15(22-17-21-7-8-23-17)13-3-2-4-14(18)16(13)19/h2-6,10,15H,7-9H2,1H3,(H,21,22). The van der Waals surface area contributed by atoms with E-state index in [-0.39, 0.29) is 6.04 Å². The highest BCUT2D eigenvalue weighted by Gasteiger charge is 2.20. The maximum Gasteiger partial charge on any atom is 0.157 e. The monoisotopic (exact) mass is 365 g/mol. The third-order valence-corrected chi connectivity index (χ3v) is 5.54. The first-order valence-electron chi connectivity index (χ1n) is 7.42. The van der Waals surface area contributed by atoms with Gasteiger partial charge in [0, 0.05) is 18.1 Å². The number of benzene rings is 1. The number of hydrogen-bond acceptors (Lipinski definition) is 4. The summed E-state index contributed by atoms with van der Waals surface area (Å²) in [5.74, 6) is 1.02. The van der Waals surface area contributed by atoms with Crippen molar-refractivity contribution in [3.63, 3.8) is 0 Å². The van der Waals surface area contributed by atoms with E-state index in [1.807, 2.05) is 36.7 Å². The first kappa shape index (κ1) is 16.6. The molecule has 0 aliphatic carbocycles. The van der Waals surface area contributed by atoms with Gasteiger partial charge in [-0.25, -0.2) is 0 Å². The average molecular weight is 366 g/mol. The molecule has 0 saturated heterocycles. The SMILES string of the molecule is Cc1cnccc1CC(NC1=NCCS1)c1cccc(Cl)c1Cl. The molecule has 0 radical (unpaired) electrons. The number of hydrogen-bond donors (Lipinski definition) is 1. The van der Waals surface area contributed by atoms with Crippen molar-refractivity contribution in [2.45, 2.75) is 19.4 Å². The predicted octanol–water partition coefficient (Wildman–Crippen LogP) is 4.67. The summed E-state index contributed by atoms with van der Waals surface area (Å²) in [4.78, 5) is 8.66. The largest absolute Gasteiger partial charge is 0.358 e. The van der Waals surface area contributed by atoms with Gasteiger partial charge in [-0.1, -0.05) is 47.1 Å². The van der Waals surface area contributed by atoms with E-state index in [4.69, 9.17) is 23.2 Å². The van der Waals surface area contributed by atoms with Crippen LogP contribution >= 0.6 is 35.0 Å². The van der Waals surface area contributed by atoms with Gasteiger partial charge < -0.3 is 5.32 Å². The van der Waals surface area contributed by atoms with Crippen LogP contribution in [0, 0.1) is 6.92 Å². The van der Waals surface area contributed by atoms with E-state index in [0.29, 0.717) is 10.0 Å². The van der Waals surface area contributed by atoms with Crippen molar-refractivity contribution in [1.82, 2.24) is 10.3 Å². The Balaban J connectivity index is 1.93. The summed E-state index contributed by atoms with van der Waals surface area (Å²) >= 11 is 14.4. The number of aryl methyl sites for hydroxylation is 1. The maximum atomic E-state index is 6.45. The van der Waals surface area contributed by atoms with E-state index in [1.165, 1.54) is 11.1 Å². The zero-order valence-corrected chi connectivity index (χ0v) is 15.0. The Morgan fingerprint density at radius 3 is 2.91 bits per heavy atom. The highest BCUT2D eigenvalue weighted by atomic mass is 35.5. The van der Waals surface area contributed by atoms with E-state index in [0.717, 1.165) is 29.4 Å². The molecular formula is C17H17Cl2N3S. The van der Waals surface area contributed by atoms with Crippen LogP contribution in [0.15, 0.2) is 41.7 Å². The lowest BCUT2D eigenvalue weighted by Gasteiger charge is -2.22. The van der Waals surface area contributed by atoms with Gasteiger partial charge >= 0.3 is 0 Å². The number of amidine groups is 1. The van der Waals surface area contributed by atoms with E-state index in [9.17, 15) is 0 Å². The van der Waals surface area contributed by atoms with E-state index in [1.54, 1.807) is 11.8 Å². The number of pyridine rings is 1. The van der Waals surface area contributed by atoms with Gasteiger partial charge in [-0.15, -0.1) is 0 Å². The molecule has 1 aliphatic heterocycles. The fourth-order valence-corrected chi connectivity index (χ4v) is 3.77. The Morgan fingerprint density at radius 2 is 2.17 bits per heavy atom. The minimum absolute atomic E-state index is 0.0200. The predicted molar refractivity (Wildman–Crippen MR) is 99.8 cm³/mol. The minimum atomic E-state index is 0.0200. The second kappa shape index (κ2) is 7.56. The van der Waals surface area contributed by atoms with Crippen LogP contribution in [-0.2, 0) is 6.42 Å². The summed E-state index contributed by atoms with van der Waals surface area (Å²) in [6, 6.07) is 7.83. The third-order valence-electron chi connectivity index (χ3n) is 3.80. The molecule has 1 unspecified atom stereocenters. The van der Waals surface area contributed by atoms with Crippen LogP contribution < -0.4 is 5.32 Å². The van der Waals surface area contributed by atoms with Crippen molar-refractivity contribution < 1.29 is 0 Å². The van der Waals surface area contributed by atoms with Crippen LogP contribution in [0.2, 0.25) is 10.0 Å². The van der Waals surface area contributed by atoms with Gasteiger partial charge in [-0.3, -0.25) is 9.98 Å². The molecule has 1 aliphatic rings. The quantitative estimate of drug-likeness (QED) is 0.854. The fourth-order valence-electron chi connectivity index (χ4n) is 2.55. The summed E-state index contributed by atoms with van der Waals surface area (Å²) in [5.41, 5.74) is 3.39. The second-order valence-corrected chi connectivity index (χ2v) is 7.25. The molecule has 1 atom stereocenters. The van der Waals surface area contributed by atoms with Crippen molar-refractivity contribution in [2.24, 2.45) is 4.99 Å². The number of rotatable bonds is 4. The number of aromatic nitrogens is 1. The van der Waals surface area contributed by atoms with Crippen LogP contribution in [-0.4, -0.2) is 22.4 Å². The van der Waals surface area contributed by atoms with Crippen molar-refractivity contribution in [1.29, 1.82) is 0 Å². The first-order chi connectivity index (χ1) is 11.1. The Labute approximate surface area is 150 Å². The molecule has 0 saturated carbocycles. The Hall–Kier alpha value is -1.23. The van der Waals surface area contributed by atoms with Gasteiger partial charge in [0.05, 0.1) is 22.6 Å². The third kappa shape index (κ3) is 4.00. The van der Waals surface area contributed by atoms with Crippen molar-refractivity contribution >= 4 is 40.1 Å².